The Hall–Kier alpha value is 0.250. The van der Waals surface area contributed by atoms with Gasteiger partial charge in [-0.25, -0.2) is 0 Å². The highest BCUT2D eigenvalue weighted by molar-refractivity contribution is 6.20. The van der Waals surface area contributed by atoms with Gasteiger partial charge in [-0.2, -0.15) is 0 Å². The van der Waals surface area contributed by atoms with Gasteiger partial charge in [0.05, 0.1) is 0 Å². The second-order valence-corrected chi connectivity index (χ2v) is 6.61. The second-order valence-electron chi connectivity index (χ2n) is 5.99. The standard InChI is InChI=1S/C11H24ClN/c1-10(2,3)7-9(12)8-13-11(4,5)6/h9,13H,7-8H2,1-6H3/t9-/m0/s1. The summed E-state index contributed by atoms with van der Waals surface area (Å²) in [5.74, 6) is 0. The van der Waals surface area contributed by atoms with Gasteiger partial charge in [-0.15, -0.1) is 11.6 Å². The molecule has 1 nitrogen and oxygen atoms in total. The molecule has 0 aromatic carbocycles. The Balaban J connectivity index is 3.70. The topological polar surface area (TPSA) is 12.0 Å². The van der Waals surface area contributed by atoms with Gasteiger partial charge in [0.15, 0.2) is 0 Å². The summed E-state index contributed by atoms with van der Waals surface area (Å²) in [5.41, 5.74) is 0.497. The molecule has 0 radical (unpaired) electrons. The Bertz CT molecular complexity index is 141. The van der Waals surface area contributed by atoms with Crippen LogP contribution in [0.15, 0.2) is 0 Å². The third kappa shape index (κ3) is 10.2. The molecule has 13 heavy (non-hydrogen) atoms. The van der Waals surface area contributed by atoms with Crippen LogP contribution < -0.4 is 5.32 Å². The lowest BCUT2D eigenvalue weighted by Crippen LogP contribution is -2.40. The third-order valence-electron chi connectivity index (χ3n) is 1.69. The monoisotopic (exact) mass is 205 g/mol. The van der Waals surface area contributed by atoms with Gasteiger partial charge in [-0.1, -0.05) is 20.8 Å². The van der Waals surface area contributed by atoms with Crippen LogP contribution in [0.3, 0.4) is 0 Å². The zero-order valence-electron chi connectivity index (χ0n) is 9.87. The summed E-state index contributed by atoms with van der Waals surface area (Å²) >= 11 is 6.21. The number of nitrogens with one attached hydrogen (secondary N) is 1. The maximum atomic E-state index is 6.21. The molecule has 0 aromatic rings. The molecule has 80 valence electrons. The van der Waals surface area contributed by atoms with Gasteiger partial charge in [0.1, 0.15) is 0 Å². The fourth-order valence-corrected chi connectivity index (χ4v) is 1.69. The van der Waals surface area contributed by atoms with Crippen LogP contribution in [0, 0.1) is 5.41 Å². The molecule has 0 amide bonds. The molecule has 0 bridgehead atoms. The molecule has 0 fully saturated rings. The Morgan fingerprint density at radius 2 is 1.54 bits per heavy atom. The van der Waals surface area contributed by atoms with E-state index in [9.17, 15) is 0 Å². The molecule has 1 N–H and O–H groups in total. The molecule has 0 aliphatic heterocycles. The highest BCUT2D eigenvalue weighted by atomic mass is 35.5. The lowest BCUT2D eigenvalue weighted by Gasteiger charge is -2.26. The minimum atomic E-state index is 0.172. The first-order valence-corrected chi connectivity index (χ1v) is 5.43. The fourth-order valence-electron chi connectivity index (χ4n) is 1.15. The average Bonchev–Trinajstić information content (AvgIpc) is 1.78. The Kier molecular flexibility index (Phi) is 4.74. The van der Waals surface area contributed by atoms with Gasteiger partial charge in [0.2, 0.25) is 0 Å². The van der Waals surface area contributed by atoms with Crippen molar-refractivity contribution < 1.29 is 0 Å². The van der Waals surface area contributed by atoms with Crippen LogP contribution in [-0.2, 0) is 0 Å². The van der Waals surface area contributed by atoms with Crippen LogP contribution in [0.5, 0.6) is 0 Å². The van der Waals surface area contributed by atoms with Crippen LogP contribution in [0.2, 0.25) is 0 Å². The molecule has 2 heteroatoms. The van der Waals surface area contributed by atoms with Gasteiger partial charge >= 0.3 is 0 Å². The zero-order valence-corrected chi connectivity index (χ0v) is 10.6. The lowest BCUT2D eigenvalue weighted by molar-refractivity contribution is 0.345. The van der Waals surface area contributed by atoms with Gasteiger partial charge in [-0.3, -0.25) is 0 Å². The molecule has 0 spiro atoms. The van der Waals surface area contributed by atoms with Crippen molar-refractivity contribution in [1.29, 1.82) is 0 Å². The molecular formula is C11H24ClN. The van der Waals surface area contributed by atoms with Gasteiger partial charge in [0.25, 0.3) is 0 Å². The maximum absolute atomic E-state index is 6.21. The molecule has 1 atom stereocenters. The van der Waals surface area contributed by atoms with Crippen molar-refractivity contribution in [2.24, 2.45) is 5.41 Å². The lowest BCUT2D eigenvalue weighted by atomic mass is 9.90. The summed E-state index contributed by atoms with van der Waals surface area (Å²) in [4.78, 5) is 0. The molecule has 0 unspecified atom stereocenters. The van der Waals surface area contributed by atoms with E-state index in [1.54, 1.807) is 0 Å². The minimum Gasteiger partial charge on any atom is -0.311 e. The largest absolute Gasteiger partial charge is 0.311 e. The molecule has 0 rings (SSSR count). The number of hydrogen-bond acceptors (Lipinski definition) is 1. The zero-order chi connectivity index (χ0) is 10.7. The summed E-state index contributed by atoms with van der Waals surface area (Å²) in [5, 5.41) is 3.65. The Labute approximate surface area is 88.2 Å². The van der Waals surface area contributed by atoms with Crippen molar-refractivity contribution >= 4 is 11.6 Å². The third-order valence-corrected chi connectivity index (χ3v) is 2.00. The first kappa shape index (κ1) is 13.2. The normalized spacial score (nSPS) is 15.9. The van der Waals surface area contributed by atoms with Crippen LogP contribution >= 0.6 is 11.6 Å². The first-order chi connectivity index (χ1) is 5.60. The van der Waals surface area contributed by atoms with Crippen molar-refractivity contribution in [3.8, 4) is 0 Å². The van der Waals surface area contributed by atoms with E-state index in [-0.39, 0.29) is 10.9 Å². The van der Waals surface area contributed by atoms with E-state index in [1.165, 1.54) is 0 Å². The van der Waals surface area contributed by atoms with Crippen LogP contribution in [-0.4, -0.2) is 17.5 Å². The highest BCUT2D eigenvalue weighted by Gasteiger charge is 2.18. The number of hydrogen-bond donors (Lipinski definition) is 1. The summed E-state index contributed by atoms with van der Waals surface area (Å²) in [6.07, 6.45) is 1.05. The Morgan fingerprint density at radius 1 is 1.08 bits per heavy atom. The second kappa shape index (κ2) is 4.65. The van der Waals surface area contributed by atoms with E-state index in [1.807, 2.05) is 0 Å². The predicted molar refractivity (Wildman–Crippen MR) is 61.5 cm³/mol. The molecule has 0 aromatic heterocycles. The van der Waals surface area contributed by atoms with Gasteiger partial charge in [0, 0.05) is 17.5 Å². The fraction of sp³-hybridized carbons (Fsp3) is 1.00. The Morgan fingerprint density at radius 3 is 1.85 bits per heavy atom. The van der Waals surface area contributed by atoms with Crippen LogP contribution in [0.25, 0.3) is 0 Å². The quantitative estimate of drug-likeness (QED) is 0.697. The average molecular weight is 206 g/mol. The summed E-state index contributed by atoms with van der Waals surface area (Å²) < 4.78 is 0. The number of rotatable bonds is 3. The van der Waals surface area contributed by atoms with Crippen LogP contribution in [0.1, 0.15) is 48.0 Å². The maximum Gasteiger partial charge on any atom is 0.0465 e. The first-order valence-electron chi connectivity index (χ1n) is 4.99. The van der Waals surface area contributed by atoms with E-state index >= 15 is 0 Å². The highest BCUT2D eigenvalue weighted by Crippen LogP contribution is 2.23. The van der Waals surface area contributed by atoms with Crippen molar-refractivity contribution in [3.63, 3.8) is 0 Å². The van der Waals surface area contributed by atoms with E-state index in [0.717, 1.165) is 13.0 Å². The summed E-state index contributed by atoms with van der Waals surface area (Å²) in [7, 11) is 0. The smallest absolute Gasteiger partial charge is 0.0465 e. The van der Waals surface area contributed by atoms with Crippen LogP contribution in [0.4, 0.5) is 0 Å². The molecule has 0 heterocycles. The van der Waals surface area contributed by atoms with Gasteiger partial charge < -0.3 is 5.32 Å². The minimum absolute atomic E-state index is 0.172. The van der Waals surface area contributed by atoms with E-state index in [2.05, 4.69) is 46.9 Å². The van der Waals surface area contributed by atoms with Crippen molar-refractivity contribution in [1.82, 2.24) is 5.32 Å². The van der Waals surface area contributed by atoms with E-state index in [4.69, 9.17) is 11.6 Å². The van der Waals surface area contributed by atoms with E-state index in [0.29, 0.717) is 5.41 Å². The van der Waals surface area contributed by atoms with Crippen molar-refractivity contribution in [2.45, 2.75) is 58.9 Å². The molecule has 0 saturated carbocycles. The molecule has 0 saturated heterocycles. The SMILES string of the molecule is CC(C)(C)C[C@H](Cl)CNC(C)(C)C. The van der Waals surface area contributed by atoms with Gasteiger partial charge in [-0.05, 0) is 32.6 Å². The van der Waals surface area contributed by atoms with Crippen molar-refractivity contribution in [2.75, 3.05) is 6.54 Å². The summed E-state index contributed by atoms with van der Waals surface area (Å²) in [6, 6.07) is 0. The predicted octanol–water partition coefficient (Wildman–Crippen LogP) is 3.42. The van der Waals surface area contributed by atoms with Crippen molar-refractivity contribution in [3.05, 3.63) is 0 Å². The number of alkyl halides is 1. The number of halogens is 1. The molecular weight excluding hydrogens is 182 g/mol. The van der Waals surface area contributed by atoms with E-state index < -0.39 is 0 Å². The summed E-state index contributed by atoms with van der Waals surface area (Å²) in [6.45, 7) is 14.0. The molecule has 0 aliphatic rings. The molecule has 0 aliphatic carbocycles.